The van der Waals surface area contributed by atoms with Crippen LogP contribution in [-0.2, 0) is 9.84 Å². The number of benzene rings is 1. The summed E-state index contributed by atoms with van der Waals surface area (Å²) >= 11 is 0. The molecule has 0 fully saturated rings. The minimum Gasteiger partial charge on any atom is -0.414 e. The molecule has 0 radical (unpaired) electrons. The van der Waals surface area contributed by atoms with E-state index in [1.54, 1.807) is 38.1 Å². The smallest absolute Gasteiger partial charge is 0.270 e. The Labute approximate surface area is 180 Å². The highest BCUT2D eigenvalue weighted by atomic mass is 32.2. The monoisotopic (exact) mass is 437 g/mol. The molecule has 1 aliphatic rings. The second-order valence-electron chi connectivity index (χ2n) is 8.27. The van der Waals surface area contributed by atoms with Gasteiger partial charge in [0.1, 0.15) is 0 Å². The van der Waals surface area contributed by atoms with Gasteiger partial charge < -0.3 is 10.2 Å². The summed E-state index contributed by atoms with van der Waals surface area (Å²) in [6.07, 6.45) is 7.56. The van der Waals surface area contributed by atoms with Crippen molar-refractivity contribution in [3.63, 3.8) is 0 Å². The topological polar surface area (TPSA) is 125 Å². The normalized spacial score (nSPS) is 15.5. The van der Waals surface area contributed by atoms with Gasteiger partial charge in [-0.15, -0.1) is 10.2 Å². The van der Waals surface area contributed by atoms with Gasteiger partial charge in [0.05, 0.1) is 22.0 Å². The number of allylic oxidation sites excluding steroid dienone is 4. The highest BCUT2D eigenvalue weighted by Gasteiger charge is 2.23. The first-order valence-corrected chi connectivity index (χ1v) is 11.3. The number of hydrogen-bond acceptors (Lipinski definition) is 8. The molecule has 3 aromatic rings. The number of nitrogen functional groups attached to an aromatic ring is 1. The molecule has 0 unspecified atom stereocenters. The van der Waals surface area contributed by atoms with E-state index in [0.29, 0.717) is 17.1 Å². The van der Waals surface area contributed by atoms with Crippen molar-refractivity contribution in [1.29, 1.82) is 0 Å². The molecule has 0 saturated heterocycles. The van der Waals surface area contributed by atoms with Gasteiger partial charge in [0.2, 0.25) is 5.89 Å². The Morgan fingerprint density at radius 1 is 1.06 bits per heavy atom. The van der Waals surface area contributed by atoms with E-state index in [-0.39, 0.29) is 27.7 Å². The second-order valence-corrected chi connectivity index (χ2v) is 10.8. The van der Waals surface area contributed by atoms with Crippen molar-refractivity contribution < 1.29 is 12.8 Å². The van der Waals surface area contributed by atoms with Gasteiger partial charge in [-0.25, -0.2) is 18.4 Å². The molecular weight excluding hydrogens is 414 g/mol. The van der Waals surface area contributed by atoms with Crippen LogP contribution in [0.5, 0.6) is 0 Å². The van der Waals surface area contributed by atoms with E-state index >= 15 is 0 Å². The molecule has 8 nitrogen and oxygen atoms in total. The van der Waals surface area contributed by atoms with Gasteiger partial charge >= 0.3 is 0 Å². The third-order valence-electron chi connectivity index (χ3n) is 4.99. The van der Waals surface area contributed by atoms with E-state index in [0.717, 1.165) is 5.57 Å². The standard InChI is InChI=1S/C22H23N5O3S/c1-13(2)31(28,29)16-7-5-14(6-8-16)17-12-24-19(23)18(25-17)21-27-26-20(30-21)15-9-10-22(3,4)11-15/h5-13H,1-4H3,(H2,23,24). The molecule has 0 spiro atoms. The minimum absolute atomic E-state index is 0.0715. The minimum atomic E-state index is -3.35. The molecule has 1 aromatic carbocycles. The number of aromatic nitrogens is 4. The Morgan fingerprint density at radius 2 is 1.74 bits per heavy atom. The van der Waals surface area contributed by atoms with Crippen LogP contribution in [-0.4, -0.2) is 33.8 Å². The molecule has 9 heteroatoms. The van der Waals surface area contributed by atoms with Crippen LogP contribution in [0.1, 0.15) is 33.6 Å². The lowest BCUT2D eigenvalue weighted by Gasteiger charge is -2.09. The van der Waals surface area contributed by atoms with Crippen LogP contribution < -0.4 is 5.73 Å². The quantitative estimate of drug-likeness (QED) is 0.636. The molecule has 0 aliphatic heterocycles. The summed E-state index contributed by atoms with van der Waals surface area (Å²) in [5, 5.41) is 7.70. The molecule has 0 atom stereocenters. The molecule has 160 valence electrons. The number of hydrogen-bond donors (Lipinski definition) is 1. The van der Waals surface area contributed by atoms with Crippen LogP contribution in [0.25, 0.3) is 28.4 Å². The summed E-state index contributed by atoms with van der Waals surface area (Å²) in [7, 11) is -3.35. The van der Waals surface area contributed by atoms with Gasteiger partial charge in [-0.3, -0.25) is 0 Å². The predicted octanol–water partition coefficient (Wildman–Crippen LogP) is 3.94. The average molecular weight is 438 g/mol. The Hall–Kier alpha value is -3.33. The number of anilines is 1. The molecule has 0 saturated carbocycles. The largest absolute Gasteiger partial charge is 0.414 e. The van der Waals surface area contributed by atoms with E-state index in [4.69, 9.17) is 10.2 Å². The summed E-state index contributed by atoms with van der Waals surface area (Å²) < 4.78 is 30.5. The predicted molar refractivity (Wildman–Crippen MR) is 118 cm³/mol. The van der Waals surface area contributed by atoms with E-state index in [9.17, 15) is 8.42 Å². The first-order chi connectivity index (χ1) is 14.6. The maximum absolute atomic E-state index is 12.3. The zero-order chi connectivity index (χ0) is 22.4. The molecular formula is C22H23N5O3S. The van der Waals surface area contributed by atoms with E-state index in [2.05, 4.69) is 40.1 Å². The molecule has 2 aromatic heterocycles. The molecule has 1 aliphatic carbocycles. The first kappa shape index (κ1) is 20.9. The first-order valence-electron chi connectivity index (χ1n) is 9.80. The van der Waals surface area contributed by atoms with Crippen molar-refractivity contribution in [3.05, 3.63) is 54.6 Å². The Kier molecular flexibility index (Phi) is 5.01. The lowest BCUT2D eigenvalue weighted by atomic mass is 9.96. The number of rotatable bonds is 5. The van der Waals surface area contributed by atoms with Crippen LogP contribution in [0.2, 0.25) is 0 Å². The second kappa shape index (κ2) is 7.42. The Balaban J connectivity index is 1.67. The van der Waals surface area contributed by atoms with E-state index in [1.165, 1.54) is 6.20 Å². The third kappa shape index (κ3) is 4.00. The molecule has 2 heterocycles. The molecule has 4 rings (SSSR count). The number of nitrogens with two attached hydrogens (primary N) is 1. The van der Waals surface area contributed by atoms with Crippen molar-refractivity contribution in [3.8, 4) is 22.8 Å². The van der Waals surface area contributed by atoms with Gasteiger partial charge in [-0.2, -0.15) is 0 Å². The van der Waals surface area contributed by atoms with Crippen molar-refractivity contribution in [2.45, 2.75) is 37.8 Å². The highest BCUT2D eigenvalue weighted by Crippen LogP contribution is 2.34. The Bertz CT molecular complexity index is 1300. The van der Waals surface area contributed by atoms with Crippen LogP contribution >= 0.6 is 0 Å². The van der Waals surface area contributed by atoms with Crippen LogP contribution in [0.4, 0.5) is 5.82 Å². The van der Waals surface area contributed by atoms with E-state index in [1.807, 2.05) is 12.2 Å². The average Bonchev–Trinajstić information content (AvgIpc) is 3.35. The molecule has 31 heavy (non-hydrogen) atoms. The maximum Gasteiger partial charge on any atom is 0.270 e. The SMILES string of the molecule is CC(C)S(=O)(=O)c1ccc(-c2cnc(N)c(-c3nnc(C4=CC(C)(C)C=C4)o3)n2)cc1. The van der Waals surface area contributed by atoms with Crippen molar-refractivity contribution >= 4 is 21.2 Å². The zero-order valence-corrected chi connectivity index (χ0v) is 18.5. The Morgan fingerprint density at radius 3 is 2.35 bits per heavy atom. The fourth-order valence-electron chi connectivity index (χ4n) is 3.15. The van der Waals surface area contributed by atoms with Crippen molar-refractivity contribution in [2.24, 2.45) is 5.41 Å². The number of sulfone groups is 1. The lowest BCUT2D eigenvalue weighted by molar-refractivity contribution is 0.551. The summed E-state index contributed by atoms with van der Waals surface area (Å²) in [6, 6.07) is 6.51. The van der Waals surface area contributed by atoms with Gasteiger partial charge in [0.15, 0.2) is 21.3 Å². The highest BCUT2D eigenvalue weighted by molar-refractivity contribution is 7.92. The van der Waals surface area contributed by atoms with Gasteiger partial charge in [-0.05, 0) is 26.0 Å². The van der Waals surface area contributed by atoms with Crippen LogP contribution in [0.15, 0.2) is 58.0 Å². The fourth-order valence-corrected chi connectivity index (χ4v) is 4.21. The summed E-state index contributed by atoms with van der Waals surface area (Å²) in [5.74, 6) is 0.709. The molecule has 0 bridgehead atoms. The van der Waals surface area contributed by atoms with Crippen LogP contribution in [0.3, 0.4) is 0 Å². The van der Waals surface area contributed by atoms with Gasteiger partial charge in [0, 0.05) is 16.6 Å². The summed E-state index contributed by atoms with van der Waals surface area (Å²) in [5.41, 5.74) is 8.26. The maximum atomic E-state index is 12.3. The fraction of sp³-hybridized carbons (Fsp3) is 0.273. The van der Waals surface area contributed by atoms with E-state index < -0.39 is 15.1 Å². The van der Waals surface area contributed by atoms with Crippen molar-refractivity contribution in [2.75, 3.05) is 5.73 Å². The molecule has 2 N–H and O–H groups in total. The molecule has 0 amide bonds. The number of nitrogens with zero attached hydrogens (tertiary/aromatic N) is 4. The van der Waals surface area contributed by atoms with Crippen molar-refractivity contribution in [1.82, 2.24) is 20.2 Å². The zero-order valence-electron chi connectivity index (χ0n) is 17.7. The van der Waals surface area contributed by atoms with Gasteiger partial charge in [-0.1, -0.05) is 44.2 Å². The van der Waals surface area contributed by atoms with Gasteiger partial charge in [0.25, 0.3) is 5.89 Å². The summed E-state index contributed by atoms with van der Waals surface area (Å²) in [4.78, 5) is 9.00. The van der Waals surface area contributed by atoms with Crippen LogP contribution in [0, 0.1) is 5.41 Å². The lowest BCUT2D eigenvalue weighted by Crippen LogP contribution is -2.13. The summed E-state index contributed by atoms with van der Waals surface area (Å²) in [6.45, 7) is 7.47. The third-order valence-corrected chi connectivity index (χ3v) is 7.16.